The highest BCUT2D eigenvalue weighted by atomic mass is 35.5. The zero-order valence-corrected chi connectivity index (χ0v) is 7.91. The third-order valence-corrected chi connectivity index (χ3v) is 1.40. The van der Waals surface area contributed by atoms with Crippen molar-refractivity contribution in [2.45, 2.75) is 12.8 Å². The van der Waals surface area contributed by atoms with E-state index in [1.807, 2.05) is 0 Å². The highest BCUT2D eigenvalue weighted by molar-refractivity contribution is 5.85. The van der Waals surface area contributed by atoms with Gasteiger partial charge in [-0.3, -0.25) is 0 Å². The normalized spacial score (nSPS) is 11.1. The molecule has 0 aliphatic carbocycles. The van der Waals surface area contributed by atoms with Crippen molar-refractivity contribution in [3.8, 4) is 0 Å². The van der Waals surface area contributed by atoms with E-state index in [4.69, 9.17) is 5.73 Å². The monoisotopic (exact) mass is 197 g/mol. The van der Waals surface area contributed by atoms with Gasteiger partial charge in [-0.05, 0) is 0 Å². The number of aromatic nitrogens is 2. The second-order valence-electron chi connectivity index (χ2n) is 2.14. The van der Waals surface area contributed by atoms with Crippen molar-refractivity contribution in [2.24, 2.45) is 5.73 Å². The fourth-order valence-corrected chi connectivity index (χ4v) is 0.663. The summed E-state index contributed by atoms with van der Waals surface area (Å²) >= 11 is 0. The summed E-state index contributed by atoms with van der Waals surface area (Å²) in [6.45, 7) is 2.73. The number of H-pyrrole nitrogens is 1. The molecular formula is C6H13Cl2N3. The quantitative estimate of drug-likeness (QED) is 0.752. The highest BCUT2D eigenvalue weighted by Crippen LogP contribution is 2.07. The third kappa shape index (κ3) is 3.60. The van der Waals surface area contributed by atoms with Gasteiger partial charge in [0.2, 0.25) is 0 Å². The summed E-state index contributed by atoms with van der Waals surface area (Å²) in [7, 11) is 0. The maximum atomic E-state index is 5.42. The van der Waals surface area contributed by atoms with E-state index in [1.54, 1.807) is 12.5 Å². The predicted molar refractivity (Wildman–Crippen MR) is 50.6 cm³/mol. The second-order valence-corrected chi connectivity index (χ2v) is 2.14. The van der Waals surface area contributed by atoms with Gasteiger partial charge in [-0.15, -0.1) is 24.8 Å². The van der Waals surface area contributed by atoms with Crippen LogP contribution in [-0.2, 0) is 0 Å². The van der Waals surface area contributed by atoms with Crippen LogP contribution in [0, 0.1) is 0 Å². The minimum Gasteiger partial charge on any atom is -0.348 e. The molecule has 1 atom stereocenters. The van der Waals surface area contributed by atoms with Crippen LogP contribution in [-0.4, -0.2) is 16.5 Å². The van der Waals surface area contributed by atoms with Crippen molar-refractivity contribution in [3.63, 3.8) is 0 Å². The van der Waals surface area contributed by atoms with E-state index in [2.05, 4.69) is 16.9 Å². The largest absolute Gasteiger partial charge is 0.348 e. The van der Waals surface area contributed by atoms with Crippen molar-refractivity contribution in [3.05, 3.63) is 18.2 Å². The molecular weight excluding hydrogens is 185 g/mol. The van der Waals surface area contributed by atoms with Gasteiger partial charge in [0.25, 0.3) is 0 Å². The first-order valence-electron chi connectivity index (χ1n) is 3.03. The maximum absolute atomic E-state index is 5.42. The van der Waals surface area contributed by atoms with Crippen LogP contribution in [0.5, 0.6) is 0 Å². The molecule has 0 saturated heterocycles. The van der Waals surface area contributed by atoms with Gasteiger partial charge in [0.1, 0.15) is 0 Å². The molecule has 0 radical (unpaired) electrons. The molecule has 5 heteroatoms. The number of halogens is 2. The second kappa shape index (κ2) is 6.46. The Bertz CT molecular complexity index is 164. The Morgan fingerprint density at radius 3 is 2.64 bits per heavy atom. The number of hydrogen-bond acceptors (Lipinski definition) is 2. The molecule has 1 heterocycles. The number of aromatic amines is 1. The number of nitrogens with zero attached hydrogens (tertiary/aromatic N) is 1. The van der Waals surface area contributed by atoms with Gasteiger partial charge in [-0.25, -0.2) is 4.98 Å². The SMILES string of the molecule is C[C@@H](CN)c1cnc[nH]1.Cl.Cl. The molecule has 0 fully saturated rings. The molecule has 0 aromatic carbocycles. The summed E-state index contributed by atoms with van der Waals surface area (Å²) in [4.78, 5) is 6.88. The molecule has 0 amide bonds. The lowest BCUT2D eigenvalue weighted by Crippen LogP contribution is -2.08. The van der Waals surface area contributed by atoms with Gasteiger partial charge in [-0.2, -0.15) is 0 Å². The number of hydrogen-bond donors (Lipinski definition) is 2. The van der Waals surface area contributed by atoms with Gasteiger partial charge in [-0.1, -0.05) is 6.92 Å². The molecule has 1 aromatic rings. The number of nitrogens with one attached hydrogen (secondary N) is 1. The standard InChI is InChI=1S/C6H11N3.2ClH/c1-5(2-7)6-3-8-4-9-6;;/h3-5H,2,7H2,1H3,(H,8,9);2*1H/t5-;;/m0../s1. The zero-order chi connectivity index (χ0) is 6.69. The van der Waals surface area contributed by atoms with Crippen molar-refractivity contribution < 1.29 is 0 Å². The van der Waals surface area contributed by atoms with Gasteiger partial charge < -0.3 is 10.7 Å². The summed E-state index contributed by atoms with van der Waals surface area (Å²) in [5, 5.41) is 0. The molecule has 1 aromatic heterocycles. The molecule has 0 saturated carbocycles. The molecule has 0 aliphatic rings. The van der Waals surface area contributed by atoms with Gasteiger partial charge in [0.05, 0.1) is 6.33 Å². The fraction of sp³-hybridized carbons (Fsp3) is 0.500. The van der Waals surface area contributed by atoms with Gasteiger partial charge in [0, 0.05) is 24.4 Å². The average Bonchev–Trinajstić information content (AvgIpc) is 2.37. The summed E-state index contributed by atoms with van der Waals surface area (Å²) in [5.41, 5.74) is 6.52. The summed E-state index contributed by atoms with van der Waals surface area (Å²) < 4.78 is 0. The predicted octanol–water partition coefficient (Wildman–Crippen LogP) is 1.32. The lowest BCUT2D eigenvalue weighted by atomic mass is 10.1. The van der Waals surface area contributed by atoms with E-state index < -0.39 is 0 Å². The Morgan fingerprint density at radius 2 is 2.27 bits per heavy atom. The Morgan fingerprint density at radius 1 is 1.64 bits per heavy atom. The Labute approximate surface area is 78.6 Å². The molecule has 0 bridgehead atoms. The summed E-state index contributed by atoms with van der Waals surface area (Å²) in [5.74, 6) is 0.396. The number of imidazole rings is 1. The van der Waals surface area contributed by atoms with E-state index in [9.17, 15) is 0 Å². The van der Waals surface area contributed by atoms with Gasteiger partial charge in [0.15, 0.2) is 0 Å². The molecule has 0 aliphatic heterocycles. The van der Waals surface area contributed by atoms with E-state index in [-0.39, 0.29) is 24.8 Å². The topological polar surface area (TPSA) is 54.7 Å². The first-order valence-corrected chi connectivity index (χ1v) is 3.03. The summed E-state index contributed by atoms with van der Waals surface area (Å²) in [6, 6.07) is 0. The van der Waals surface area contributed by atoms with E-state index in [0.29, 0.717) is 12.5 Å². The zero-order valence-electron chi connectivity index (χ0n) is 6.28. The molecule has 3 nitrogen and oxygen atoms in total. The molecule has 0 unspecified atom stereocenters. The molecule has 3 N–H and O–H groups in total. The highest BCUT2D eigenvalue weighted by Gasteiger charge is 2.01. The Hall–Kier alpha value is -0.250. The first kappa shape index (κ1) is 13.3. The van der Waals surface area contributed by atoms with Crippen LogP contribution in [0.25, 0.3) is 0 Å². The van der Waals surface area contributed by atoms with E-state index >= 15 is 0 Å². The van der Waals surface area contributed by atoms with Crippen molar-refractivity contribution in [1.82, 2.24) is 9.97 Å². The van der Waals surface area contributed by atoms with Crippen LogP contribution in [0.4, 0.5) is 0 Å². The third-order valence-electron chi connectivity index (χ3n) is 1.40. The van der Waals surface area contributed by atoms with Crippen LogP contribution in [0.2, 0.25) is 0 Å². The van der Waals surface area contributed by atoms with Crippen LogP contribution in [0.15, 0.2) is 12.5 Å². The average molecular weight is 198 g/mol. The smallest absolute Gasteiger partial charge is 0.0921 e. The van der Waals surface area contributed by atoms with E-state index in [1.165, 1.54) is 0 Å². The van der Waals surface area contributed by atoms with Crippen LogP contribution < -0.4 is 5.73 Å². The summed E-state index contributed by atoms with van der Waals surface area (Å²) in [6.07, 6.45) is 3.47. The molecule has 11 heavy (non-hydrogen) atoms. The van der Waals surface area contributed by atoms with Crippen LogP contribution >= 0.6 is 24.8 Å². The van der Waals surface area contributed by atoms with Crippen molar-refractivity contribution in [1.29, 1.82) is 0 Å². The van der Waals surface area contributed by atoms with Crippen LogP contribution in [0.3, 0.4) is 0 Å². The molecule has 1 rings (SSSR count). The minimum absolute atomic E-state index is 0. The van der Waals surface area contributed by atoms with Gasteiger partial charge >= 0.3 is 0 Å². The lowest BCUT2D eigenvalue weighted by Gasteiger charge is -2.02. The fourth-order valence-electron chi connectivity index (χ4n) is 0.663. The maximum Gasteiger partial charge on any atom is 0.0921 e. The number of nitrogens with two attached hydrogens (primary N) is 1. The molecule has 66 valence electrons. The Kier molecular flexibility index (Phi) is 7.84. The van der Waals surface area contributed by atoms with Crippen LogP contribution in [0.1, 0.15) is 18.5 Å². The number of rotatable bonds is 2. The Balaban J connectivity index is 0. The van der Waals surface area contributed by atoms with E-state index in [0.717, 1.165) is 5.69 Å². The lowest BCUT2D eigenvalue weighted by molar-refractivity contribution is 0.751. The molecule has 0 spiro atoms. The first-order chi connectivity index (χ1) is 4.34. The van der Waals surface area contributed by atoms with Crippen molar-refractivity contribution >= 4 is 24.8 Å². The minimum atomic E-state index is 0. The van der Waals surface area contributed by atoms with Crippen molar-refractivity contribution in [2.75, 3.05) is 6.54 Å².